The van der Waals surface area contributed by atoms with Crippen LogP contribution in [0.15, 0.2) is 12.1 Å². The number of fused-ring (bicyclic) bond motifs is 1. The highest BCUT2D eigenvalue weighted by Gasteiger charge is 2.12. The normalized spacial score (nSPS) is 14.9. The van der Waals surface area contributed by atoms with Crippen LogP contribution in [0.3, 0.4) is 0 Å². The predicted octanol–water partition coefficient (Wildman–Crippen LogP) is 1.44. The van der Waals surface area contributed by atoms with Crippen LogP contribution in [0.2, 0.25) is 0 Å². The number of benzene rings is 1. The van der Waals surface area contributed by atoms with Gasteiger partial charge in [-0.05, 0) is 43.1 Å². The van der Waals surface area contributed by atoms with Gasteiger partial charge in [0.2, 0.25) is 0 Å². The van der Waals surface area contributed by atoms with E-state index >= 15 is 0 Å². The van der Waals surface area contributed by atoms with E-state index in [4.69, 9.17) is 4.74 Å². The Morgan fingerprint density at radius 3 is 3.07 bits per heavy atom. The van der Waals surface area contributed by atoms with Crippen LogP contribution >= 0.6 is 0 Å². The summed E-state index contributed by atoms with van der Waals surface area (Å²) < 4.78 is 5.32. The van der Waals surface area contributed by atoms with Gasteiger partial charge in [0.1, 0.15) is 0 Å². The van der Waals surface area contributed by atoms with Crippen molar-refractivity contribution in [3.63, 3.8) is 0 Å². The molecule has 1 aromatic rings. The molecule has 2 rings (SSSR count). The van der Waals surface area contributed by atoms with E-state index in [9.17, 15) is 5.11 Å². The lowest BCUT2D eigenvalue weighted by Crippen LogP contribution is -2.23. The molecule has 0 aliphatic carbocycles. The molecule has 14 heavy (non-hydrogen) atoms. The summed E-state index contributed by atoms with van der Waals surface area (Å²) in [6, 6.07) is 3.75. The van der Waals surface area contributed by atoms with E-state index in [2.05, 4.69) is 5.32 Å². The van der Waals surface area contributed by atoms with Gasteiger partial charge in [-0.3, -0.25) is 0 Å². The molecular weight excluding hydrogens is 178 g/mol. The number of aromatic hydroxyl groups is 1. The summed E-state index contributed by atoms with van der Waals surface area (Å²) in [5.41, 5.74) is 2.46. The van der Waals surface area contributed by atoms with Crippen molar-refractivity contribution in [1.82, 2.24) is 5.32 Å². The third-order valence-electron chi connectivity index (χ3n) is 2.47. The van der Waals surface area contributed by atoms with Crippen LogP contribution in [-0.4, -0.2) is 18.3 Å². The number of hydrogen-bond donors (Lipinski definition) is 2. The highest BCUT2D eigenvalue weighted by Crippen LogP contribution is 2.30. The van der Waals surface area contributed by atoms with Crippen LogP contribution in [0.4, 0.5) is 0 Å². The monoisotopic (exact) mass is 193 g/mol. The average Bonchev–Trinajstić information content (AvgIpc) is 2.19. The van der Waals surface area contributed by atoms with Crippen molar-refractivity contribution in [3.8, 4) is 11.5 Å². The van der Waals surface area contributed by atoms with Gasteiger partial charge in [0.25, 0.3) is 0 Å². The van der Waals surface area contributed by atoms with Gasteiger partial charge >= 0.3 is 0 Å². The first-order chi connectivity index (χ1) is 6.81. The molecule has 0 saturated heterocycles. The third kappa shape index (κ3) is 1.68. The molecule has 1 aliphatic rings. The Balaban J connectivity index is 2.35. The molecule has 1 aromatic carbocycles. The maximum atomic E-state index is 9.65. The summed E-state index contributed by atoms with van der Waals surface area (Å²) >= 11 is 0. The van der Waals surface area contributed by atoms with Gasteiger partial charge < -0.3 is 15.2 Å². The SMILES string of the molecule is CCOc1cc2c(cc1O)CCNC2. The molecular formula is C11H15NO2. The second kappa shape index (κ2) is 3.88. The second-order valence-electron chi connectivity index (χ2n) is 3.45. The zero-order chi connectivity index (χ0) is 9.97. The molecule has 3 nitrogen and oxygen atoms in total. The van der Waals surface area contributed by atoms with Crippen molar-refractivity contribution < 1.29 is 9.84 Å². The van der Waals surface area contributed by atoms with Crippen LogP contribution in [0.25, 0.3) is 0 Å². The first kappa shape index (κ1) is 9.34. The van der Waals surface area contributed by atoms with Crippen molar-refractivity contribution in [3.05, 3.63) is 23.3 Å². The molecule has 1 heterocycles. The summed E-state index contributed by atoms with van der Waals surface area (Å²) in [5, 5.41) is 12.9. The van der Waals surface area contributed by atoms with Crippen LogP contribution < -0.4 is 10.1 Å². The van der Waals surface area contributed by atoms with E-state index in [0.717, 1.165) is 19.5 Å². The highest BCUT2D eigenvalue weighted by atomic mass is 16.5. The van der Waals surface area contributed by atoms with Crippen molar-refractivity contribution in [2.24, 2.45) is 0 Å². The molecule has 76 valence electrons. The maximum Gasteiger partial charge on any atom is 0.161 e. The minimum absolute atomic E-state index is 0.257. The third-order valence-corrected chi connectivity index (χ3v) is 2.47. The Hall–Kier alpha value is -1.22. The van der Waals surface area contributed by atoms with Gasteiger partial charge in [-0.2, -0.15) is 0 Å². The summed E-state index contributed by atoms with van der Waals surface area (Å²) in [6.07, 6.45) is 0.981. The van der Waals surface area contributed by atoms with Gasteiger partial charge in [-0.15, -0.1) is 0 Å². The molecule has 0 bridgehead atoms. The number of nitrogens with one attached hydrogen (secondary N) is 1. The molecule has 0 spiro atoms. The van der Waals surface area contributed by atoms with E-state index in [0.29, 0.717) is 12.4 Å². The fourth-order valence-electron chi connectivity index (χ4n) is 1.77. The lowest BCUT2D eigenvalue weighted by atomic mass is 10.0. The molecule has 0 amide bonds. The van der Waals surface area contributed by atoms with Crippen molar-refractivity contribution in [2.75, 3.05) is 13.2 Å². The van der Waals surface area contributed by atoms with Crippen LogP contribution in [0.5, 0.6) is 11.5 Å². The van der Waals surface area contributed by atoms with E-state index in [1.54, 1.807) is 0 Å². The van der Waals surface area contributed by atoms with Gasteiger partial charge in [0.15, 0.2) is 11.5 Å². The van der Waals surface area contributed by atoms with Gasteiger partial charge in [-0.1, -0.05) is 0 Å². The van der Waals surface area contributed by atoms with Crippen molar-refractivity contribution >= 4 is 0 Å². The van der Waals surface area contributed by atoms with E-state index < -0.39 is 0 Å². The molecule has 1 aliphatic heterocycles. The maximum absolute atomic E-state index is 9.65. The second-order valence-corrected chi connectivity index (χ2v) is 3.45. The van der Waals surface area contributed by atoms with E-state index in [1.165, 1.54) is 11.1 Å². The first-order valence-corrected chi connectivity index (χ1v) is 4.99. The van der Waals surface area contributed by atoms with Crippen molar-refractivity contribution in [1.29, 1.82) is 0 Å². The summed E-state index contributed by atoms with van der Waals surface area (Å²) in [6.45, 7) is 4.35. The summed E-state index contributed by atoms with van der Waals surface area (Å²) in [7, 11) is 0. The zero-order valence-corrected chi connectivity index (χ0v) is 8.34. The van der Waals surface area contributed by atoms with Crippen LogP contribution in [-0.2, 0) is 13.0 Å². The van der Waals surface area contributed by atoms with Gasteiger partial charge in [0, 0.05) is 6.54 Å². The quantitative estimate of drug-likeness (QED) is 0.746. The molecule has 0 unspecified atom stereocenters. The highest BCUT2D eigenvalue weighted by molar-refractivity contribution is 5.47. The standard InChI is InChI=1S/C11H15NO2/c1-2-14-11-6-9-7-12-4-3-8(9)5-10(11)13/h5-6,12-13H,2-4,7H2,1H3. The van der Waals surface area contributed by atoms with E-state index in [-0.39, 0.29) is 5.75 Å². The molecule has 0 saturated carbocycles. The van der Waals surface area contributed by atoms with Crippen LogP contribution in [0, 0.1) is 0 Å². The molecule has 2 N–H and O–H groups in total. The molecule has 0 radical (unpaired) electrons. The molecule has 0 atom stereocenters. The molecule has 0 aromatic heterocycles. The average molecular weight is 193 g/mol. The minimum Gasteiger partial charge on any atom is -0.504 e. The molecule has 3 heteroatoms. The Bertz CT molecular complexity index is 336. The van der Waals surface area contributed by atoms with Gasteiger partial charge in [0.05, 0.1) is 6.61 Å². The Morgan fingerprint density at radius 2 is 2.29 bits per heavy atom. The fourth-order valence-corrected chi connectivity index (χ4v) is 1.77. The lowest BCUT2D eigenvalue weighted by Gasteiger charge is -2.18. The number of phenols is 1. The smallest absolute Gasteiger partial charge is 0.161 e. The summed E-state index contributed by atoms with van der Waals surface area (Å²) in [5.74, 6) is 0.849. The number of hydrogen-bond acceptors (Lipinski definition) is 3. The Morgan fingerprint density at radius 1 is 1.43 bits per heavy atom. The number of rotatable bonds is 2. The first-order valence-electron chi connectivity index (χ1n) is 4.99. The fraction of sp³-hybridized carbons (Fsp3) is 0.455. The zero-order valence-electron chi connectivity index (χ0n) is 8.34. The predicted molar refractivity (Wildman–Crippen MR) is 54.7 cm³/mol. The van der Waals surface area contributed by atoms with Gasteiger partial charge in [-0.25, -0.2) is 0 Å². The lowest BCUT2D eigenvalue weighted by molar-refractivity contribution is 0.317. The van der Waals surface area contributed by atoms with E-state index in [1.807, 2.05) is 19.1 Å². The number of phenolic OH excluding ortho intramolecular Hbond substituents is 1. The Kier molecular flexibility index (Phi) is 2.59. The summed E-state index contributed by atoms with van der Waals surface area (Å²) in [4.78, 5) is 0. The number of ether oxygens (including phenoxy) is 1. The topological polar surface area (TPSA) is 41.5 Å². The minimum atomic E-state index is 0.257. The molecule has 0 fully saturated rings. The van der Waals surface area contributed by atoms with Crippen LogP contribution in [0.1, 0.15) is 18.1 Å². The largest absolute Gasteiger partial charge is 0.504 e. The van der Waals surface area contributed by atoms with Crippen molar-refractivity contribution in [2.45, 2.75) is 19.9 Å². The Labute approximate surface area is 83.7 Å².